The Hall–Kier alpha value is -1.36. The monoisotopic (exact) mass is 235 g/mol. The molecule has 17 heavy (non-hydrogen) atoms. The van der Waals surface area contributed by atoms with E-state index in [9.17, 15) is 0 Å². The predicted molar refractivity (Wildman–Crippen MR) is 69.8 cm³/mol. The fourth-order valence-corrected chi connectivity index (χ4v) is 2.17. The molecule has 2 rings (SSSR count). The molecule has 1 aromatic heterocycles. The van der Waals surface area contributed by atoms with Crippen LogP contribution < -0.4 is 11.1 Å². The van der Waals surface area contributed by atoms with E-state index in [0.717, 1.165) is 18.8 Å². The first kappa shape index (κ1) is 12.1. The standard InChI is InChI=1S/C12H21N5/c13-12-15-7-5-11(16-12)14-6-4-10-17-8-2-1-3-9-17/h5,7H,1-4,6,8-10H2,(H3,13,14,15,16). The highest BCUT2D eigenvalue weighted by Crippen LogP contribution is 2.09. The summed E-state index contributed by atoms with van der Waals surface area (Å²) in [6.45, 7) is 4.64. The Kier molecular flexibility index (Phi) is 4.55. The molecule has 0 aliphatic carbocycles. The molecule has 1 aliphatic heterocycles. The molecule has 0 spiro atoms. The minimum atomic E-state index is 0.325. The molecule has 0 aromatic carbocycles. The third-order valence-corrected chi connectivity index (χ3v) is 3.08. The number of hydrogen-bond donors (Lipinski definition) is 2. The first-order valence-corrected chi connectivity index (χ1v) is 6.39. The van der Waals surface area contributed by atoms with Crippen molar-refractivity contribution in [1.82, 2.24) is 14.9 Å². The normalized spacial score (nSPS) is 16.9. The van der Waals surface area contributed by atoms with Crippen LogP contribution in [-0.4, -0.2) is 41.0 Å². The van der Waals surface area contributed by atoms with Crippen molar-refractivity contribution in [1.29, 1.82) is 0 Å². The Bertz CT molecular complexity index is 335. The van der Waals surface area contributed by atoms with E-state index in [1.165, 1.54) is 38.9 Å². The Morgan fingerprint density at radius 3 is 2.88 bits per heavy atom. The highest BCUT2D eigenvalue weighted by Gasteiger charge is 2.08. The number of nitrogen functional groups attached to an aromatic ring is 1. The highest BCUT2D eigenvalue weighted by molar-refractivity contribution is 5.36. The average molecular weight is 235 g/mol. The van der Waals surface area contributed by atoms with Gasteiger partial charge in [0, 0.05) is 12.7 Å². The molecule has 1 aromatic rings. The van der Waals surface area contributed by atoms with Gasteiger partial charge in [-0.3, -0.25) is 0 Å². The summed E-state index contributed by atoms with van der Waals surface area (Å²) in [5.41, 5.74) is 5.51. The number of nitrogens with one attached hydrogen (secondary N) is 1. The maximum absolute atomic E-state index is 5.51. The van der Waals surface area contributed by atoms with Crippen molar-refractivity contribution in [3.05, 3.63) is 12.3 Å². The van der Waals surface area contributed by atoms with Crippen molar-refractivity contribution in [3.8, 4) is 0 Å². The SMILES string of the molecule is Nc1nccc(NCCCN2CCCCC2)n1. The van der Waals surface area contributed by atoms with Crippen LogP contribution in [0.3, 0.4) is 0 Å². The number of hydrogen-bond acceptors (Lipinski definition) is 5. The second kappa shape index (κ2) is 6.39. The summed E-state index contributed by atoms with van der Waals surface area (Å²) in [5, 5.41) is 3.27. The number of anilines is 2. The Balaban J connectivity index is 1.62. The van der Waals surface area contributed by atoms with Crippen LogP contribution >= 0.6 is 0 Å². The first-order valence-electron chi connectivity index (χ1n) is 6.39. The molecule has 1 aliphatic rings. The zero-order chi connectivity index (χ0) is 11.9. The molecule has 0 atom stereocenters. The second-order valence-corrected chi connectivity index (χ2v) is 4.48. The molecule has 5 heteroatoms. The van der Waals surface area contributed by atoms with E-state index in [1.807, 2.05) is 6.07 Å². The number of nitrogens with two attached hydrogens (primary N) is 1. The molecule has 3 N–H and O–H groups in total. The Morgan fingerprint density at radius 2 is 2.12 bits per heavy atom. The summed E-state index contributed by atoms with van der Waals surface area (Å²) in [6, 6.07) is 1.84. The molecule has 1 fully saturated rings. The zero-order valence-corrected chi connectivity index (χ0v) is 10.2. The van der Waals surface area contributed by atoms with Crippen LogP contribution in [0.5, 0.6) is 0 Å². The van der Waals surface area contributed by atoms with Gasteiger partial charge in [-0.25, -0.2) is 4.98 Å². The van der Waals surface area contributed by atoms with Crippen LogP contribution in [0.2, 0.25) is 0 Å². The topological polar surface area (TPSA) is 67.1 Å². The van der Waals surface area contributed by atoms with Gasteiger partial charge in [-0.2, -0.15) is 4.98 Å². The van der Waals surface area contributed by atoms with E-state index in [2.05, 4.69) is 20.2 Å². The molecule has 0 amide bonds. The molecule has 0 saturated carbocycles. The van der Waals surface area contributed by atoms with Crippen molar-refractivity contribution < 1.29 is 0 Å². The maximum atomic E-state index is 5.51. The number of nitrogens with zero attached hydrogens (tertiary/aromatic N) is 3. The minimum absolute atomic E-state index is 0.325. The molecule has 0 unspecified atom stereocenters. The summed E-state index contributed by atoms with van der Waals surface area (Å²) in [4.78, 5) is 10.5. The quantitative estimate of drug-likeness (QED) is 0.754. The molecular weight excluding hydrogens is 214 g/mol. The van der Waals surface area contributed by atoms with Gasteiger partial charge >= 0.3 is 0 Å². The molecular formula is C12H21N5. The van der Waals surface area contributed by atoms with E-state index in [-0.39, 0.29) is 0 Å². The van der Waals surface area contributed by atoms with Gasteiger partial charge in [-0.15, -0.1) is 0 Å². The summed E-state index contributed by atoms with van der Waals surface area (Å²) in [6.07, 6.45) is 6.93. The van der Waals surface area contributed by atoms with Crippen LogP contribution in [0.25, 0.3) is 0 Å². The lowest BCUT2D eigenvalue weighted by Crippen LogP contribution is -2.31. The average Bonchev–Trinajstić information content (AvgIpc) is 2.36. The van der Waals surface area contributed by atoms with Crippen LogP contribution in [-0.2, 0) is 0 Å². The molecule has 94 valence electrons. The molecule has 2 heterocycles. The first-order chi connectivity index (χ1) is 8.34. The largest absolute Gasteiger partial charge is 0.370 e. The Morgan fingerprint density at radius 1 is 1.29 bits per heavy atom. The zero-order valence-electron chi connectivity index (χ0n) is 10.2. The van der Waals surface area contributed by atoms with Gasteiger partial charge in [-0.05, 0) is 45.0 Å². The van der Waals surface area contributed by atoms with E-state index >= 15 is 0 Å². The summed E-state index contributed by atoms with van der Waals surface area (Å²) in [5.74, 6) is 1.14. The number of aromatic nitrogens is 2. The van der Waals surface area contributed by atoms with Crippen LogP contribution in [0, 0.1) is 0 Å². The maximum Gasteiger partial charge on any atom is 0.221 e. The van der Waals surface area contributed by atoms with E-state index < -0.39 is 0 Å². The summed E-state index contributed by atoms with van der Waals surface area (Å²) in [7, 11) is 0. The van der Waals surface area contributed by atoms with Crippen LogP contribution in [0.15, 0.2) is 12.3 Å². The third kappa shape index (κ3) is 4.19. The molecule has 0 radical (unpaired) electrons. The molecule has 1 saturated heterocycles. The van der Waals surface area contributed by atoms with Crippen molar-refractivity contribution >= 4 is 11.8 Å². The second-order valence-electron chi connectivity index (χ2n) is 4.48. The van der Waals surface area contributed by atoms with Gasteiger partial charge in [-0.1, -0.05) is 6.42 Å². The van der Waals surface area contributed by atoms with Crippen LogP contribution in [0.1, 0.15) is 25.7 Å². The van der Waals surface area contributed by atoms with Gasteiger partial charge in [0.25, 0.3) is 0 Å². The van der Waals surface area contributed by atoms with Crippen molar-refractivity contribution in [2.24, 2.45) is 0 Å². The van der Waals surface area contributed by atoms with Gasteiger partial charge in [0.15, 0.2) is 0 Å². The number of piperidine rings is 1. The van der Waals surface area contributed by atoms with Gasteiger partial charge in [0.1, 0.15) is 5.82 Å². The molecule has 5 nitrogen and oxygen atoms in total. The van der Waals surface area contributed by atoms with E-state index in [0.29, 0.717) is 5.95 Å². The van der Waals surface area contributed by atoms with Gasteiger partial charge in [0.05, 0.1) is 0 Å². The third-order valence-electron chi connectivity index (χ3n) is 3.08. The highest BCUT2D eigenvalue weighted by atomic mass is 15.1. The van der Waals surface area contributed by atoms with Crippen LogP contribution in [0.4, 0.5) is 11.8 Å². The van der Waals surface area contributed by atoms with Crippen molar-refractivity contribution in [2.75, 3.05) is 37.2 Å². The van der Waals surface area contributed by atoms with Crippen molar-refractivity contribution in [2.45, 2.75) is 25.7 Å². The Labute approximate surface area is 102 Å². The van der Waals surface area contributed by atoms with Crippen molar-refractivity contribution in [3.63, 3.8) is 0 Å². The summed E-state index contributed by atoms with van der Waals surface area (Å²) >= 11 is 0. The lowest BCUT2D eigenvalue weighted by molar-refractivity contribution is 0.228. The molecule has 0 bridgehead atoms. The van der Waals surface area contributed by atoms with Gasteiger partial charge < -0.3 is 16.0 Å². The smallest absolute Gasteiger partial charge is 0.221 e. The van der Waals surface area contributed by atoms with E-state index in [1.54, 1.807) is 6.20 Å². The minimum Gasteiger partial charge on any atom is -0.370 e. The van der Waals surface area contributed by atoms with Gasteiger partial charge in [0.2, 0.25) is 5.95 Å². The lowest BCUT2D eigenvalue weighted by Gasteiger charge is -2.26. The fourth-order valence-electron chi connectivity index (χ4n) is 2.17. The predicted octanol–water partition coefficient (Wildman–Crippen LogP) is 1.35. The fraction of sp³-hybridized carbons (Fsp3) is 0.667. The van der Waals surface area contributed by atoms with E-state index in [4.69, 9.17) is 5.73 Å². The lowest BCUT2D eigenvalue weighted by atomic mass is 10.1. The summed E-state index contributed by atoms with van der Waals surface area (Å²) < 4.78 is 0. The number of likely N-dealkylation sites (tertiary alicyclic amines) is 1. The number of rotatable bonds is 5.